The Balaban J connectivity index is 4.07. The van der Waals surface area contributed by atoms with Gasteiger partial charge in [-0.05, 0) is 13.8 Å². The lowest BCUT2D eigenvalue weighted by Crippen LogP contribution is -2.41. The molecule has 0 fully saturated rings. The van der Waals surface area contributed by atoms with Gasteiger partial charge in [-0.1, -0.05) is 0 Å². The number of carbonyl (C=O) groups is 1. The Morgan fingerprint density at radius 2 is 1.94 bits per heavy atom. The predicted octanol–water partition coefficient (Wildman–Crippen LogP) is 1.15. The van der Waals surface area contributed by atoms with Crippen molar-refractivity contribution in [2.45, 2.75) is 20.0 Å². The van der Waals surface area contributed by atoms with Crippen molar-refractivity contribution in [1.29, 1.82) is 5.26 Å². The Morgan fingerprint density at radius 1 is 1.41 bits per heavy atom. The van der Waals surface area contributed by atoms with Gasteiger partial charge in [-0.2, -0.15) is 18.4 Å². The standard InChI is InChI=1S/C10H16F3N3O/c1-3-16(4-2)9(17)7-15-6-8(5-14)10(11,12)13/h8,15H,3-4,6-7H2,1-2H3. The summed E-state index contributed by atoms with van der Waals surface area (Å²) in [7, 11) is 0. The Labute approximate surface area is 98.4 Å². The molecule has 1 N–H and O–H groups in total. The minimum Gasteiger partial charge on any atom is -0.342 e. The second kappa shape index (κ2) is 7.12. The van der Waals surface area contributed by atoms with Crippen LogP contribution in [0.2, 0.25) is 0 Å². The lowest BCUT2D eigenvalue weighted by Gasteiger charge is -2.19. The van der Waals surface area contributed by atoms with Crippen LogP contribution in [0.5, 0.6) is 0 Å². The Hall–Kier alpha value is -1.29. The summed E-state index contributed by atoms with van der Waals surface area (Å²) in [4.78, 5) is 12.9. The molecule has 0 aliphatic rings. The highest BCUT2D eigenvalue weighted by molar-refractivity contribution is 5.78. The van der Waals surface area contributed by atoms with Crippen molar-refractivity contribution in [1.82, 2.24) is 10.2 Å². The van der Waals surface area contributed by atoms with Crippen LogP contribution in [-0.4, -0.2) is 43.2 Å². The third-order valence-electron chi connectivity index (χ3n) is 2.29. The maximum atomic E-state index is 12.2. The lowest BCUT2D eigenvalue weighted by molar-refractivity contribution is -0.158. The summed E-state index contributed by atoms with van der Waals surface area (Å²) in [6, 6.07) is 1.16. The number of rotatable bonds is 6. The second-order valence-electron chi connectivity index (χ2n) is 3.42. The third kappa shape index (κ3) is 5.54. The van der Waals surface area contributed by atoms with E-state index >= 15 is 0 Å². The molecular formula is C10H16F3N3O. The zero-order valence-electron chi connectivity index (χ0n) is 9.84. The van der Waals surface area contributed by atoms with Crippen LogP contribution in [0.3, 0.4) is 0 Å². The number of nitriles is 1. The number of nitrogens with one attached hydrogen (secondary N) is 1. The monoisotopic (exact) mass is 251 g/mol. The SMILES string of the molecule is CCN(CC)C(=O)CNCC(C#N)C(F)(F)F. The first-order chi connectivity index (χ1) is 7.86. The Morgan fingerprint density at radius 3 is 2.29 bits per heavy atom. The van der Waals surface area contributed by atoms with E-state index in [4.69, 9.17) is 5.26 Å². The minimum absolute atomic E-state index is 0.185. The Bertz CT molecular complexity index is 282. The van der Waals surface area contributed by atoms with Crippen molar-refractivity contribution < 1.29 is 18.0 Å². The minimum atomic E-state index is -4.56. The van der Waals surface area contributed by atoms with Crippen LogP contribution >= 0.6 is 0 Å². The van der Waals surface area contributed by atoms with Crippen LogP contribution < -0.4 is 5.32 Å². The molecule has 0 spiro atoms. The maximum Gasteiger partial charge on any atom is 0.405 e. The molecule has 0 radical (unpaired) electrons. The van der Waals surface area contributed by atoms with E-state index in [1.54, 1.807) is 13.8 Å². The van der Waals surface area contributed by atoms with Crippen LogP contribution in [0.1, 0.15) is 13.8 Å². The van der Waals surface area contributed by atoms with Gasteiger partial charge in [0.1, 0.15) is 0 Å². The van der Waals surface area contributed by atoms with E-state index in [1.165, 1.54) is 4.90 Å². The van der Waals surface area contributed by atoms with Crippen molar-refractivity contribution >= 4 is 5.91 Å². The van der Waals surface area contributed by atoms with E-state index in [1.807, 2.05) is 0 Å². The molecule has 0 saturated heterocycles. The predicted molar refractivity (Wildman–Crippen MR) is 56.0 cm³/mol. The third-order valence-corrected chi connectivity index (χ3v) is 2.29. The summed E-state index contributed by atoms with van der Waals surface area (Å²) in [5.41, 5.74) is 0. The highest BCUT2D eigenvalue weighted by Crippen LogP contribution is 2.24. The van der Waals surface area contributed by atoms with Crippen molar-refractivity contribution in [3.63, 3.8) is 0 Å². The highest BCUT2D eigenvalue weighted by Gasteiger charge is 2.39. The van der Waals surface area contributed by atoms with Gasteiger partial charge in [-0.15, -0.1) is 0 Å². The summed E-state index contributed by atoms with van der Waals surface area (Å²) >= 11 is 0. The van der Waals surface area contributed by atoms with E-state index in [0.29, 0.717) is 13.1 Å². The number of likely N-dealkylation sites (N-methyl/N-ethyl adjacent to an activating group) is 1. The van der Waals surface area contributed by atoms with Crippen LogP contribution in [-0.2, 0) is 4.79 Å². The van der Waals surface area contributed by atoms with E-state index in [9.17, 15) is 18.0 Å². The molecule has 17 heavy (non-hydrogen) atoms. The molecule has 0 bridgehead atoms. The van der Waals surface area contributed by atoms with Crippen LogP contribution in [0, 0.1) is 17.2 Å². The average molecular weight is 251 g/mol. The van der Waals surface area contributed by atoms with Gasteiger partial charge in [0.2, 0.25) is 5.91 Å². The fourth-order valence-electron chi connectivity index (χ4n) is 1.25. The number of hydrogen-bond donors (Lipinski definition) is 1. The molecular weight excluding hydrogens is 235 g/mol. The molecule has 98 valence electrons. The summed E-state index contributed by atoms with van der Waals surface area (Å²) in [6.45, 7) is 3.85. The van der Waals surface area contributed by atoms with E-state index in [2.05, 4.69) is 5.32 Å². The lowest BCUT2D eigenvalue weighted by atomic mass is 10.1. The first-order valence-electron chi connectivity index (χ1n) is 5.31. The van der Waals surface area contributed by atoms with E-state index in [-0.39, 0.29) is 12.5 Å². The molecule has 0 aromatic rings. The number of nitrogens with zero attached hydrogens (tertiary/aromatic N) is 2. The van der Waals surface area contributed by atoms with Crippen LogP contribution in [0.25, 0.3) is 0 Å². The first-order valence-corrected chi connectivity index (χ1v) is 5.31. The number of halogens is 3. The van der Waals surface area contributed by atoms with Crippen LogP contribution in [0.15, 0.2) is 0 Å². The molecule has 0 aromatic carbocycles. The normalized spacial score (nSPS) is 12.9. The topological polar surface area (TPSA) is 56.1 Å². The van der Waals surface area contributed by atoms with Crippen molar-refractivity contribution in [3.8, 4) is 6.07 Å². The quantitative estimate of drug-likeness (QED) is 0.770. The van der Waals surface area contributed by atoms with Gasteiger partial charge in [-0.3, -0.25) is 4.79 Å². The molecule has 4 nitrogen and oxygen atoms in total. The number of carbonyl (C=O) groups excluding carboxylic acids is 1. The number of amides is 1. The fraction of sp³-hybridized carbons (Fsp3) is 0.800. The van der Waals surface area contributed by atoms with E-state index in [0.717, 1.165) is 6.07 Å². The van der Waals surface area contributed by atoms with E-state index < -0.39 is 18.6 Å². The molecule has 0 aromatic heterocycles. The maximum absolute atomic E-state index is 12.2. The molecule has 0 saturated carbocycles. The van der Waals surface area contributed by atoms with Crippen molar-refractivity contribution in [2.75, 3.05) is 26.2 Å². The van der Waals surface area contributed by atoms with Gasteiger partial charge in [-0.25, -0.2) is 0 Å². The zero-order chi connectivity index (χ0) is 13.5. The number of alkyl halides is 3. The summed E-state index contributed by atoms with van der Waals surface area (Å²) < 4.78 is 36.5. The van der Waals surface area contributed by atoms with Gasteiger partial charge in [0.15, 0.2) is 5.92 Å². The van der Waals surface area contributed by atoms with Gasteiger partial charge in [0.05, 0.1) is 12.6 Å². The Kier molecular flexibility index (Phi) is 6.58. The molecule has 7 heteroatoms. The van der Waals surface area contributed by atoms with Gasteiger partial charge >= 0.3 is 6.18 Å². The summed E-state index contributed by atoms with van der Waals surface area (Å²) in [5.74, 6) is -2.35. The van der Waals surface area contributed by atoms with Crippen molar-refractivity contribution in [3.05, 3.63) is 0 Å². The first kappa shape index (κ1) is 15.7. The largest absolute Gasteiger partial charge is 0.405 e. The molecule has 1 unspecified atom stereocenters. The molecule has 0 rings (SSSR count). The van der Waals surface area contributed by atoms with Gasteiger partial charge < -0.3 is 10.2 Å². The number of hydrogen-bond acceptors (Lipinski definition) is 3. The van der Waals surface area contributed by atoms with Crippen molar-refractivity contribution in [2.24, 2.45) is 5.92 Å². The zero-order valence-corrected chi connectivity index (χ0v) is 9.84. The van der Waals surface area contributed by atoms with Crippen LogP contribution in [0.4, 0.5) is 13.2 Å². The second-order valence-corrected chi connectivity index (χ2v) is 3.42. The summed E-state index contributed by atoms with van der Waals surface area (Å²) in [6.07, 6.45) is -4.56. The molecule has 1 amide bonds. The van der Waals surface area contributed by atoms with Gasteiger partial charge in [0.25, 0.3) is 0 Å². The molecule has 0 aliphatic carbocycles. The molecule has 0 heterocycles. The molecule has 1 atom stereocenters. The highest BCUT2D eigenvalue weighted by atomic mass is 19.4. The summed E-state index contributed by atoms with van der Waals surface area (Å²) in [5, 5.41) is 10.7. The van der Waals surface area contributed by atoms with Gasteiger partial charge in [0, 0.05) is 19.6 Å². The average Bonchev–Trinajstić information content (AvgIpc) is 2.24. The smallest absolute Gasteiger partial charge is 0.342 e. The fourth-order valence-corrected chi connectivity index (χ4v) is 1.25. The molecule has 0 aliphatic heterocycles.